The third-order valence-corrected chi connectivity index (χ3v) is 3.51. The molecule has 0 bridgehead atoms. The molecular weight excluding hydrogens is 297 g/mol. The van der Waals surface area contributed by atoms with E-state index in [4.69, 9.17) is 27.9 Å². The number of aromatic nitrogens is 1. The van der Waals surface area contributed by atoms with Crippen molar-refractivity contribution in [3.05, 3.63) is 58.7 Å². The summed E-state index contributed by atoms with van der Waals surface area (Å²) in [4.78, 5) is 4.23. The topological polar surface area (TPSA) is 42.4 Å². The summed E-state index contributed by atoms with van der Waals surface area (Å²) in [5.74, 6) is 1.35. The summed E-state index contributed by atoms with van der Waals surface area (Å²) in [6.45, 7) is 0. The number of phenolic OH excluding ortho intramolecular Hbond substituents is 1. The lowest BCUT2D eigenvalue weighted by molar-refractivity contribution is 0.475. The van der Waals surface area contributed by atoms with E-state index in [-0.39, 0.29) is 5.75 Å². The molecular formula is C15H9Cl2NO2. The molecule has 3 aromatic rings. The third-order valence-electron chi connectivity index (χ3n) is 2.77. The molecule has 0 aliphatic heterocycles. The first kappa shape index (κ1) is 13.0. The lowest BCUT2D eigenvalue weighted by atomic mass is 10.2. The fourth-order valence-corrected chi connectivity index (χ4v) is 2.11. The van der Waals surface area contributed by atoms with E-state index in [0.717, 1.165) is 5.39 Å². The smallest absolute Gasteiger partial charge is 0.146 e. The maximum absolute atomic E-state index is 9.39. The van der Waals surface area contributed by atoms with Crippen molar-refractivity contribution in [1.82, 2.24) is 4.98 Å². The van der Waals surface area contributed by atoms with Crippen molar-refractivity contribution in [3.8, 4) is 17.2 Å². The van der Waals surface area contributed by atoms with Crippen LogP contribution in [0.25, 0.3) is 10.9 Å². The van der Waals surface area contributed by atoms with Crippen LogP contribution in [0.4, 0.5) is 0 Å². The van der Waals surface area contributed by atoms with Crippen LogP contribution in [0.1, 0.15) is 0 Å². The van der Waals surface area contributed by atoms with Crippen molar-refractivity contribution in [3.63, 3.8) is 0 Å². The van der Waals surface area contributed by atoms with E-state index in [1.165, 1.54) is 0 Å². The first-order valence-electron chi connectivity index (χ1n) is 5.83. The van der Waals surface area contributed by atoms with Gasteiger partial charge in [-0.05, 0) is 30.3 Å². The number of pyridine rings is 1. The average molecular weight is 306 g/mol. The van der Waals surface area contributed by atoms with Crippen molar-refractivity contribution >= 4 is 34.1 Å². The number of benzene rings is 2. The Bertz CT molecular complexity index is 790. The molecule has 0 radical (unpaired) electrons. The Labute approximate surface area is 125 Å². The van der Waals surface area contributed by atoms with Gasteiger partial charge in [0.2, 0.25) is 0 Å². The van der Waals surface area contributed by atoms with Crippen LogP contribution < -0.4 is 4.74 Å². The van der Waals surface area contributed by atoms with Crippen LogP contribution in [0.3, 0.4) is 0 Å². The molecule has 1 heterocycles. The number of phenols is 1. The third kappa shape index (κ3) is 2.64. The van der Waals surface area contributed by atoms with Gasteiger partial charge in [-0.1, -0.05) is 23.2 Å². The molecule has 2 aromatic carbocycles. The van der Waals surface area contributed by atoms with Crippen LogP contribution >= 0.6 is 23.2 Å². The first-order chi connectivity index (χ1) is 9.61. The minimum Gasteiger partial charge on any atom is -0.508 e. The summed E-state index contributed by atoms with van der Waals surface area (Å²) in [6, 6.07) is 11.9. The number of halogens is 2. The molecule has 3 rings (SSSR count). The molecule has 3 nitrogen and oxygen atoms in total. The number of hydrogen-bond acceptors (Lipinski definition) is 3. The monoisotopic (exact) mass is 305 g/mol. The molecule has 1 aromatic heterocycles. The summed E-state index contributed by atoms with van der Waals surface area (Å²) in [6.07, 6.45) is 1.59. The van der Waals surface area contributed by atoms with E-state index < -0.39 is 0 Å². The molecule has 0 atom stereocenters. The molecule has 100 valence electrons. The fourth-order valence-electron chi connectivity index (χ4n) is 1.82. The van der Waals surface area contributed by atoms with Crippen LogP contribution in [-0.2, 0) is 0 Å². The van der Waals surface area contributed by atoms with E-state index in [1.54, 1.807) is 42.6 Å². The maximum atomic E-state index is 9.39. The standard InChI is InChI=1S/C15H9Cl2NO2/c16-13-4-3-11(7-14(13)17)20-12-5-9-1-2-10(19)6-15(9)18-8-12/h1-8,19H. The number of aromatic hydroxyl groups is 1. The second-order valence-corrected chi connectivity index (χ2v) is 5.04. The zero-order valence-electron chi connectivity index (χ0n) is 10.2. The van der Waals surface area contributed by atoms with Gasteiger partial charge in [-0.3, -0.25) is 4.98 Å². The van der Waals surface area contributed by atoms with Gasteiger partial charge in [-0.2, -0.15) is 0 Å². The van der Waals surface area contributed by atoms with E-state index in [0.29, 0.717) is 27.1 Å². The van der Waals surface area contributed by atoms with E-state index in [9.17, 15) is 5.11 Å². The normalized spacial score (nSPS) is 10.7. The SMILES string of the molecule is Oc1ccc2cc(Oc3ccc(Cl)c(Cl)c3)cnc2c1. The molecule has 5 heteroatoms. The fraction of sp³-hybridized carbons (Fsp3) is 0. The number of fused-ring (bicyclic) bond motifs is 1. The maximum Gasteiger partial charge on any atom is 0.146 e. The molecule has 0 amide bonds. The molecule has 0 saturated carbocycles. The predicted molar refractivity (Wildman–Crippen MR) is 79.9 cm³/mol. The van der Waals surface area contributed by atoms with Gasteiger partial charge >= 0.3 is 0 Å². The van der Waals surface area contributed by atoms with Gasteiger partial charge in [0.05, 0.1) is 21.8 Å². The van der Waals surface area contributed by atoms with Gasteiger partial charge in [0.15, 0.2) is 0 Å². The van der Waals surface area contributed by atoms with E-state index in [2.05, 4.69) is 4.98 Å². The average Bonchev–Trinajstić information content (AvgIpc) is 2.43. The molecule has 0 aliphatic carbocycles. The highest BCUT2D eigenvalue weighted by atomic mass is 35.5. The Hall–Kier alpha value is -1.97. The lowest BCUT2D eigenvalue weighted by Crippen LogP contribution is -1.87. The van der Waals surface area contributed by atoms with E-state index >= 15 is 0 Å². The Morgan fingerprint density at radius 1 is 0.900 bits per heavy atom. The van der Waals surface area contributed by atoms with Crippen LogP contribution in [0.15, 0.2) is 48.7 Å². The largest absolute Gasteiger partial charge is 0.508 e. The zero-order valence-corrected chi connectivity index (χ0v) is 11.7. The van der Waals surface area contributed by atoms with Gasteiger partial charge in [-0.25, -0.2) is 0 Å². The van der Waals surface area contributed by atoms with Crippen molar-refractivity contribution in [2.45, 2.75) is 0 Å². The second kappa shape index (κ2) is 5.19. The molecule has 0 fully saturated rings. The Kier molecular flexibility index (Phi) is 3.38. The minimum absolute atomic E-state index is 0.183. The summed E-state index contributed by atoms with van der Waals surface area (Å²) in [5.41, 5.74) is 0.700. The van der Waals surface area contributed by atoms with Gasteiger partial charge in [-0.15, -0.1) is 0 Å². The van der Waals surface area contributed by atoms with Crippen LogP contribution in [0.5, 0.6) is 17.2 Å². The summed E-state index contributed by atoms with van der Waals surface area (Å²) < 4.78 is 5.68. The van der Waals surface area contributed by atoms with Crippen molar-refractivity contribution in [2.75, 3.05) is 0 Å². The van der Waals surface area contributed by atoms with Crippen molar-refractivity contribution in [1.29, 1.82) is 0 Å². The summed E-state index contributed by atoms with van der Waals surface area (Å²) >= 11 is 11.8. The summed E-state index contributed by atoms with van der Waals surface area (Å²) in [7, 11) is 0. The second-order valence-electron chi connectivity index (χ2n) is 4.23. The molecule has 0 saturated heterocycles. The van der Waals surface area contributed by atoms with E-state index in [1.807, 2.05) is 6.07 Å². The lowest BCUT2D eigenvalue weighted by Gasteiger charge is -2.07. The van der Waals surface area contributed by atoms with Crippen LogP contribution in [-0.4, -0.2) is 10.1 Å². The minimum atomic E-state index is 0.183. The molecule has 20 heavy (non-hydrogen) atoms. The molecule has 0 unspecified atom stereocenters. The predicted octanol–water partition coefficient (Wildman–Crippen LogP) is 5.04. The Balaban J connectivity index is 1.94. The summed E-state index contributed by atoms with van der Waals surface area (Å²) in [5, 5.41) is 11.2. The van der Waals surface area contributed by atoms with Crippen LogP contribution in [0.2, 0.25) is 10.0 Å². The highest BCUT2D eigenvalue weighted by Crippen LogP contribution is 2.30. The molecule has 1 N–H and O–H groups in total. The number of hydrogen-bond donors (Lipinski definition) is 1. The van der Waals surface area contributed by atoms with Gasteiger partial charge in [0.25, 0.3) is 0 Å². The quantitative estimate of drug-likeness (QED) is 0.721. The highest BCUT2D eigenvalue weighted by Gasteiger charge is 2.04. The van der Waals surface area contributed by atoms with Gasteiger partial charge < -0.3 is 9.84 Å². The van der Waals surface area contributed by atoms with Gasteiger partial charge in [0.1, 0.15) is 17.2 Å². The first-order valence-corrected chi connectivity index (χ1v) is 6.59. The number of nitrogens with zero attached hydrogens (tertiary/aromatic N) is 1. The number of ether oxygens (including phenoxy) is 1. The Morgan fingerprint density at radius 2 is 1.75 bits per heavy atom. The Morgan fingerprint density at radius 3 is 2.55 bits per heavy atom. The van der Waals surface area contributed by atoms with Crippen molar-refractivity contribution in [2.24, 2.45) is 0 Å². The highest BCUT2D eigenvalue weighted by molar-refractivity contribution is 6.42. The van der Waals surface area contributed by atoms with Crippen LogP contribution in [0, 0.1) is 0 Å². The molecule has 0 spiro atoms. The van der Waals surface area contributed by atoms with Crippen molar-refractivity contribution < 1.29 is 9.84 Å². The zero-order chi connectivity index (χ0) is 14.1. The number of rotatable bonds is 2. The van der Waals surface area contributed by atoms with Gasteiger partial charge in [0, 0.05) is 17.5 Å². The molecule has 0 aliphatic rings.